The molecular formula is C30H28N4O. The number of hydrogen-bond donors (Lipinski definition) is 1. The van der Waals surface area contributed by atoms with E-state index in [4.69, 9.17) is 10.1 Å². The second kappa shape index (κ2) is 8.84. The molecule has 5 aromatic rings. The minimum absolute atomic E-state index is 0.0491. The van der Waals surface area contributed by atoms with Crippen molar-refractivity contribution in [1.29, 1.82) is 0 Å². The first-order valence-electron chi connectivity index (χ1n) is 11.7. The Morgan fingerprint density at radius 3 is 2.11 bits per heavy atom. The average Bonchev–Trinajstić information content (AvgIpc) is 3.20. The molecular weight excluding hydrogens is 432 g/mol. The number of anilines is 1. The van der Waals surface area contributed by atoms with E-state index in [0.717, 1.165) is 33.7 Å². The fourth-order valence-corrected chi connectivity index (χ4v) is 4.23. The molecule has 5 nitrogen and oxygen atoms in total. The van der Waals surface area contributed by atoms with Crippen molar-refractivity contribution < 1.29 is 4.79 Å². The van der Waals surface area contributed by atoms with Gasteiger partial charge in [-0.05, 0) is 48.2 Å². The second-order valence-corrected chi connectivity index (χ2v) is 9.73. The van der Waals surface area contributed by atoms with E-state index in [1.165, 1.54) is 5.56 Å². The first-order chi connectivity index (χ1) is 16.8. The van der Waals surface area contributed by atoms with Crippen molar-refractivity contribution in [2.45, 2.75) is 33.1 Å². The van der Waals surface area contributed by atoms with Gasteiger partial charge < -0.3 is 5.32 Å². The standard InChI is InChI=1S/C30H28N4O/c1-20-27-25(29(35)31-23-17-15-22(16-18-23)30(2,3)4)19-26(21-11-7-5-8-12-21)32-28(27)34(33-20)24-13-9-6-10-14-24/h5-19H,1-4H3,(H,31,35). The quantitative estimate of drug-likeness (QED) is 0.316. The smallest absolute Gasteiger partial charge is 0.256 e. The number of fused-ring (bicyclic) bond motifs is 1. The first kappa shape index (κ1) is 22.5. The van der Waals surface area contributed by atoms with E-state index < -0.39 is 0 Å². The molecule has 0 aliphatic heterocycles. The third-order valence-corrected chi connectivity index (χ3v) is 6.14. The predicted octanol–water partition coefficient (Wildman–Crippen LogP) is 6.95. The van der Waals surface area contributed by atoms with Crippen LogP contribution in [0, 0.1) is 6.92 Å². The molecule has 0 saturated heterocycles. The molecule has 5 rings (SSSR count). The minimum atomic E-state index is -0.186. The fourth-order valence-electron chi connectivity index (χ4n) is 4.23. The van der Waals surface area contributed by atoms with Crippen molar-refractivity contribution in [3.63, 3.8) is 0 Å². The van der Waals surface area contributed by atoms with Crippen LogP contribution in [0.5, 0.6) is 0 Å². The summed E-state index contributed by atoms with van der Waals surface area (Å²) in [5.74, 6) is -0.186. The molecule has 35 heavy (non-hydrogen) atoms. The molecule has 5 heteroatoms. The zero-order chi connectivity index (χ0) is 24.6. The number of carbonyl (C=O) groups is 1. The van der Waals surface area contributed by atoms with Gasteiger partial charge in [0.25, 0.3) is 5.91 Å². The number of hydrogen-bond acceptors (Lipinski definition) is 3. The predicted molar refractivity (Wildman–Crippen MR) is 142 cm³/mol. The lowest BCUT2D eigenvalue weighted by atomic mass is 9.87. The Bertz CT molecular complexity index is 1500. The molecule has 2 heterocycles. The number of nitrogens with one attached hydrogen (secondary N) is 1. The van der Waals surface area contributed by atoms with Gasteiger partial charge in [-0.2, -0.15) is 5.10 Å². The number of aryl methyl sites for hydroxylation is 1. The Labute approximate surface area is 205 Å². The molecule has 0 fully saturated rings. The number of benzene rings is 3. The lowest BCUT2D eigenvalue weighted by molar-refractivity contribution is 0.102. The summed E-state index contributed by atoms with van der Waals surface area (Å²) in [6.45, 7) is 8.44. The summed E-state index contributed by atoms with van der Waals surface area (Å²) >= 11 is 0. The first-order valence-corrected chi connectivity index (χ1v) is 11.7. The number of carbonyl (C=O) groups excluding carboxylic acids is 1. The van der Waals surface area contributed by atoms with Crippen molar-refractivity contribution >= 4 is 22.6 Å². The summed E-state index contributed by atoms with van der Waals surface area (Å²) in [5.41, 5.74) is 6.54. The van der Waals surface area contributed by atoms with Gasteiger partial charge in [-0.1, -0.05) is 81.4 Å². The van der Waals surface area contributed by atoms with Gasteiger partial charge in [-0.25, -0.2) is 9.67 Å². The van der Waals surface area contributed by atoms with Crippen LogP contribution in [-0.2, 0) is 5.41 Å². The Hall–Kier alpha value is -4.25. The molecule has 3 aromatic carbocycles. The fraction of sp³-hybridized carbons (Fsp3) is 0.167. The van der Waals surface area contributed by atoms with Gasteiger partial charge in [-0.15, -0.1) is 0 Å². The summed E-state index contributed by atoms with van der Waals surface area (Å²) in [7, 11) is 0. The highest BCUT2D eigenvalue weighted by molar-refractivity contribution is 6.13. The molecule has 174 valence electrons. The van der Waals surface area contributed by atoms with Crippen LogP contribution in [0.3, 0.4) is 0 Å². The average molecular weight is 461 g/mol. The molecule has 0 spiro atoms. The maximum atomic E-state index is 13.6. The number of aromatic nitrogens is 3. The van der Waals surface area contributed by atoms with Crippen LogP contribution >= 0.6 is 0 Å². The molecule has 0 aliphatic rings. The minimum Gasteiger partial charge on any atom is -0.322 e. The van der Waals surface area contributed by atoms with Gasteiger partial charge in [0.15, 0.2) is 5.65 Å². The second-order valence-electron chi connectivity index (χ2n) is 9.73. The molecule has 0 bridgehead atoms. The van der Waals surface area contributed by atoms with Crippen LogP contribution in [0.25, 0.3) is 28.0 Å². The van der Waals surface area contributed by atoms with Crippen molar-refractivity contribution in [3.05, 3.63) is 108 Å². The number of rotatable bonds is 4. The number of pyridine rings is 1. The van der Waals surface area contributed by atoms with Crippen molar-refractivity contribution in [3.8, 4) is 16.9 Å². The molecule has 0 radical (unpaired) electrons. The van der Waals surface area contributed by atoms with Crippen LogP contribution in [0.4, 0.5) is 5.69 Å². The molecule has 1 N–H and O–H groups in total. The monoisotopic (exact) mass is 460 g/mol. The third kappa shape index (κ3) is 4.45. The van der Waals surface area contributed by atoms with Crippen LogP contribution in [0.15, 0.2) is 91.0 Å². The number of para-hydroxylation sites is 1. The van der Waals surface area contributed by atoms with Crippen molar-refractivity contribution in [2.24, 2.45) is 0 Å². The Morgan fingerprint density at radius 2 is 1.49 bits per heavy atom. The van der Waals surface area contributed by atoms with Crippen LogP contribution in [-0.4, -0.2) is 20.7 Å². The van der Waals surface area contributed by atoms with Gasteiger partial charge >= 0.3 is 0 Å². The molecule has 0 atom stereocenters. The van der Waals surface area contributed by atoms with Crippen molar-refractivity contribution in [1.82, 2.24) is 14.8 Å². The van der Waals surface area contributed by atoms with E-state index in [1.54, 1.807) is 0 Å². The van der Waals surface area contributed by atoms with Crippen LogP contribution < -0.4 is 5.32 Å². The van der Waals surface area contributed by atoms with Gasteiger partial charge in [-0.3, -0.25) is 4.79 Å². The largest absolute Gasteiger partial charge is 0.322 e. The zero-order valence-electron chi connectivity index (χ0n) is 20.4. The van der Waals surface area contributed by atoms with Gasteiger partial charge in [0.1, 0.15) is 0 Å². The molecule has 0 unspecified atom stereocenters. The summed E-state index contributed by atoms with van der Waals surface area (Å²) in [4.78, 5) is 18.6. The highest BCUT2D eigenvalue weighted by atomic mass is 16.1. The Kier molecular flexibility index (Phi) is 5.69. The number of nitrogens with zero attached hydrogens (tertiary/aromatic N) is 3. The maximum Gasteiger partial charge on any atom is 0.256 e. The Morgan fingerprint density at radius 1 is 0.857 bits per heavy atom. The topological polar surface area (TPSA) is 59.8 Å². The number of amides is 1. The van der Waals surface area contributed by atoms with Gasteiger partial charge in [0.2, 0.25) is 0 Å². The van der Waals surface area contributed by atoms with Gasteiger partial charge in [0.05, 0.1) is 28.0 Å². The highest BCUT2D eigenvalue weighted by Crippen LogP contribution is 2.30. The maximum absolute atomic E-state index is 13.6. The summed E-state index contributed by atoms with van der Waals surface area (Å²) in [5, 5.41) is 8.59. The van der Waals surface area contributed by atoms with E-state index in [9.17, 15) is 4.79 Å². The van der Waals surface area contributed by atoms with Gasteiger partial charge in [0, 0.05) is 11.3 Å². The molecule has 0 aliphatic carbocycles. The summed E-state index contributed by atoms with van der Waals surface area (Å²) in [6.07, 6.45) is 0. The normalized spacial score (nSPS) is 11.5. The SMILES string of the molecule is Cc1nn(-c2ccccc2)c2nc(-c3ccccc3)cc(C(=O)Nc3ccc(C(C)(C)C)cc3)c12. The lowest BCUT2D eigenvalue weighted by Crippen LogP contribution is -2.14. The Balaban J connectivity index is 1.63. The molecule has 0 saturated carbocycles. The summed E-state index contributed by atoms with van der Waals surface area (Å²) in [6, 6.07) is 29.7. The van der Waals surface area contributed by atoms with E-state index in [-0.39, 0.29) is 11.3 Å². The summed E-state index contributed by atoms with van der Waals surface area (Å²) < 4.78 is 1.81. The van der Waals surface area contributed by atoms with E-state index in [1.807, 2.05) is 90.5 Å². The molecule has 1 amide bonds. The van der Waals surface area contributed by atoms with Crippen molar-refractivity contribution in [2.75, 3.05) is 5.32 Å². The third-order valence-electron chi connectivity index (χ3n) is 6.14. The zero-order valence-corrected chi connectivity index (χ0v) is 20.4. The highest BCUT2D eigenvalue weighted by Gasteiger charge is 2.21. The lowest BCUT2D eigenvalue weighted by Gasteiger charge is -2.19. The molecule has 2 aromatic heterocycles. The van der Waals surface area contributed by atoms with E-state index >= 15 is 0 Å². The van der Waals surface area contributed by atoms with Crippen LogP contribution in [0.1, 0.15) is 42.4 Å². The van der Waals surface area contributed by atoms with E-state index in [2.05, 4.69) is 38.2 Å². The van der Waals surface area contributed by atoms with Crippen LogP contribution in [0.2, 0.25) is 0 Å². The van der Waals surface area contributed by atoms with E-state index in [0.29, 0.717) is 11.2 Å².